The number of piperazine rings is 1. The second-order valence-corrected chi connectivity index (χ2v) is 11.2. The smallest absolute Gasteiger partial charge is 0.252 e. The van der Waals surface area contributed by atoms with Crippen LogP contribution in [-0.2, 0) is 9.53 Å². The second kappa shape index (κ2) is 15.0. The highest BCUT2D eigenvalue weighted by atomic mass is 16.5. The molecule has 2 aromatic heterocycles. The highest BCUT2D eigenvalue weighted by molar-refractivity contribution is 5.87. The first-order valence-corrected chi connectivity index (χ1v) is 14.9. The number of nitrogens with one attached hydrogen (secondary N) is 2. The summed E-state index contributed by atoms with van der Waals surface area (Å²) in [6.45, 7) is 19.9. The maximum atomic E-state index is 12.3. The summed E-state index contributed by atoms with van der Waals surface area (Å²) in [7, 11) is 0. The number of amides is 1. The molecule has 5 rings (SSSR count). The first kappa shape index (κ1) is 31.3. The number of anilines is 1. The van der Waals surface area contributed by atoms with Gasteiger partial charge in [-0.2, -0.15) is 4.98 Å². The molecule has 0 saturated carbocycles. The van der Waals surface area contributed by atoms with Crippen LogP contribution in [0.1, 0.15) is 56.8 Å². The zero-order valence-electron chi connectivity index (χ0n) is 25.4. The van der Waals surface area contributed by atoms with E-state index >= 15 is 0 Å². The number of carbonyl (C=O) groups excluding carboxylic acids is 1. The van der Waals surface area contributed by atoms with Crippen molar-refractivity contribution >= 4 is 22.9 Å². The molecule has 2 fully saturated rings. The fourth-order valence-electron chi connectivity index (χ4n) is 5.29. The molecule has 2 saturated heterocycles. The van der Waals surface area contributed by atoms with Gasteiger partial charge < -0.3 is 20.3 Å². The van der Waals surface area contributed by atoms with Gasteiger partial charge in [-0.1, -0.05) is 37.8 Å². The van der Waals surface area contributed by atoms with Gasteiger partial charge in [-0.15, -0.1) is 0 Å². The van der Waals surface area contributed by atoms with Crippen LogP contribution in [-0.4, -0.2) is 89.3 Å². The maximum Gasteiger partial charge on any atom is 0.252 e. The second-order valence-electron chi connectivity index (χ2n) is 11.2. The van der Waals surface area contributed by atoms with Crippen molar-refractivity contribution in [1.82, 2.24) is 29.7 Å². The normalized spacial score (nSPS) is 17.3. The third-order valence-corrected chi connectivity index (χ3v) is 7.77. The zero-order chi connectivity index (χ0) is 30.1. The third-order valence-electron chi connectivity index (χ3n) is 7.77. The van der Waals surface area contributed by atoms with Crippen molar-refractivity contribution in [2.24, 2.45) is 0 Å². The number of pyridine rings is 1. The third kappa shape index (κ3) is 8.24. The highest BCUT2D eigenvalue weighted by Gasteiger charge is 2.16. The summed E-state index contributed by atoms with van der Waals surface area (Å²) in [6.07, 6.45) is 3.14. The number of hydrogen-bond donors (Lipinski definition) is 2. The minimum atomic E-state index is -0.0491. The molecule has 0 radical (unpaired) electrons. The molecule has 1 amide bonds. The van der Waals surface area contributed by atoms with E-state index < -0.39 is 0 Å². The highest BCUT2D eigenvalue weighted by Crippen LogP contribution is 2.23. The topological polar surface area (TPSA) is 105 Å². The van der Waals surface area contributed by atoms with E-state index in [0.29, 0.717) is 17.5 Å². The minimum absolute atomic E-state index is 0.0263. The Labute approximate surface area is 248 Å². The molecule has 1 aromatic carbocycles. The van der Waals surface area contributed by atoms with Gasteiger partial charge in [0.25, 0.3) is 5.56 Å². The Bertz CT molecular complexity index is 1380. The summed E-state index contributed by atoms with van der Waals surface area (Å²) in [5.41, 5.74) is 3.12. The average Bonchev–Trinajstić information content (AvgIpc) is 3.01. The van der Waals surface area contributed by atoms with Gasteiger partial charge in [0.2, 0.25) is 11.9 Å². The Balaban J connectivity index is 0.000000343. The lowest BCUT2D eigenvalue weighted by atomic mass is 9.97. The number of nitrogens with zero attached hydrogens (tertiary/aromatic N) is 5. The lowest BCUT2D eigenvalue weighted by Crippen LogP contribution is -2.45. The molecule has 1 unspecified atom stereocenters. The molecule has 4 heterocycles. The van der Waals surface area contributed by atoms with Crippen molar-refractivity contribution < 1.29 is 9.53 Å². The van der Waals surface area contributed by atoms with E-state index in [0.717, 1.165) is 64.4 Å². The predicted molar refractivity (Wildman–Crippen MR) is 168 cm³/mol. The van der Waals surface area contributed by atoms with Crippen LogP contribution in [0.3, 0.4) is 0 Å². The van der Waals surface area contributed by atoms with Gasteiger partial charge in [-0.3, -0.25) is 19.1 Å². The van der Waals surface area contributed by atoms with E-state index in [1.54, 1.807) is 27.8 Å². The molecule has 42 heavy (non-hydrogen) atoms. The van der Waals surface area contributed by atoms with Gasteiger partial charge in [0, 0.05) is 69.5 Å². The molecule has 2 N–H and O–H groups in total. The SMILES string of the molecule is C=CC(=O)N1CCNCC1.CC(CN1CCOCC1)c1ccc([C@H](C)Nc2ncc3ccc(=O)n(C(C)C)c3n2)cc1. The molecular weight excluding hydrogens is 530 g/mol. The van der Waals surface area contributed by atoms with E-state index in [-0.39, 0.29) is 23.6 Å². The fraction of sp³-hybridized carbons (Fsp3) is 0.500. The summed E-state index contributed by atoms with van der Waals surface area (Å²) in [5.74, 6) is 1.04. The number of ether oxygens (including phenoxy) is 1. The van der Waals surface area contributed by atoms with Crippen LogP contribution in [0.2, 0.25) is 0 Å². The molecule has 3 aromatic rings. The van der Waals surface area contributed by atoms with E-state index in [1.165, 1.54) is 17.2 Å². The summed E-state index contributed by atoms with van der Waals surface area (Å²) in [6, 6.07) is 12.2. The molecule has 0 bridgehead atoms. The van der Waals surface area contributed by atoms with Gasteiger partial charge >= 0.3 is 0 Å². The number of hydrogen-bond acceptors (Lipinski definition) is 8. The van der Waals surface area contributed by atoms with Crippen LogP contribution < -0.4 is 16.2 Å². The molecule has 0 aliphatic carbocycles. The molecule has 2 atom stereocenters. The lowest BCUT2D eigenvalue weighted by molar-refractivity contribution is -0.126. The number of carbonyl (C=O) groups is 1. The van der Waals surface area contributed by atoms with E-state index in [2.05, 4.69) is 70.2 Å². The lowest BCUT2D eigenvalue weighted by Gasteiger charge is -2.29. The number of rotatable bonds is 8. The van der Waals surface area contributed by atoms with Crippen molar-refractivity contribution in [3.8, 4) is 0 Å². The molecule has 226 valence electrons. The van der Waals surface area contributed by atoms with Gasteiger partial charge in [-0.25, -0.2) is 4.98 Å². The first-order chi connectivity index (χ1) is 20.3. The van der Waals surface area contributed by atoms with E-state index in [4.69, 9.17) is 4.74 Å². The van der Waals surface area contributed by atoms with Gasteiger partial charge in [-0.05, 0) is 50.0 Å². The van der Waals surface area contributed by atoms with E-state index in [1.807, 2.05) is 13.8 Å². The molecule has 2 aliphatic rings. The van der Waals surface area contributed by atoms with Crippen LogP contribution >= 0.6 is 0 Å². The zero-order valence-corrected chi connectivity index (χ0v) is 25.4. The Hall–Kier alpha value is -3.60. The Morgan fingerprint density at radius 2 is 1.69 bits per heavy atom. The van der Waals surface area contributed by atoms with Crippen molar-refractivity contribution in [2.45, 2.75) is 45.7 Å². The van der Waals surface area contributed by atoms with Gasteiger partial charge in [0.15, 0.2) is 0 Å². The summed E-state index contributed by atoms with van der Waals surface area (Å²) >= 11 is 0. The largest absolute Gasteiger partial charge is 0.379 e. The van der Waals surface area contributed by atoms with Crippen LogP contribution in [0, 0.1) is 0 Å². The monoisotopic (exact) mass is 575 g/mol. The summed E-state index contributed by atoms with van der Waals surface area (Å²) in [5, 5.41) is 7.41. The Morgan fingerprint density at radius 3 is 2.33 bits per heavy atom. The number of aromatic nitrogens is 3. The van der Waals surface area contributed by atoms with Crippen LogP contribution in [0.5, 0.6) is 0 Å². The average molecular weight is 576 g/mol. The van der Waals surface area contributed by atoms with E-state index in [9.17, 15) is 9.59 Å². The summed E-state index contributed by atoms with van der Waals surface area (Å²) < 4.78 is 7.16. The molecular formula is C32H45N7O3. The summed E-state index contributed by atoms with van der Waals surface area (Å²) in [4.78, 5) is 36.6. The van der Waals surface area contributed by atoms with Crippen LogP contribution in [0.15, 0.2) is 60.0 Å². The Morgan fingerprint density at radius 1 is 1.02 bits per heavy atom. The van der Waals surface area contributed by atoms with Gasteiger partial charge in [0.1, 0.15) is 5.65 Å². The number of benzene rings is 1. The minimum Gasteiger partial charge on any atom is -0.379 e. The van der Waals surface area contributed by atoms with Crippen LogP contribution in [0.4, 0.5) is 5.95 Å². The van der Waals surface area contributed by atoms with Crippen LogP contribution in [0.25, 0.3) is 11.0 Å². The maximum absolute atomic E-state index is 12.3. The quantitative estimate of drug-likeness (QED) is 0.393. The van der Waals surface area contributed by atoms with Gasteiger partial charge in [0.05, 0.1) is 19.3 Å². The first-order valence-electron chi connectivity index (χ1n) is 14.9. The molecule has 10 heteroatoms. The van der Waals surface area contributed by atoms with Crippen molar-refractivity contribution in [1.29, 1.82) is 0 Å². The van der Waals surface area contributed by atoms with Crippen molar-refractivity contribution in [3.05, 3.63) is 76.7 Å². The van der Waals surface area contributed by atoms with Crippen molar-refractivity contribution in [2.75, 3.05) is 64.3 Å². The molecule has 10 nitrogen and oxygen atoms in total. The fourth-order valence-corrected chi connectivity index (χ4v) is 5.29. The molecule has 2 aliphatic heterocycles. The number of fused-ring (bicyclic) bond motifs is 1. The molecule has 0 spiro atoms. The van der Waals surface area contributed by atoms with Crippen molar-refractivity contribution in [3.63, 3.8) is 0 Å². The number of morpholine rings is 1. The predicted octanol–water partition coefficient (Wildman–Crippen LogP) is 3.59. The Kier molecular flexibility index (Phi) is 11.2. The standard InChI is InChI=1S/C25H33N5O2.C7H12N2O/c1-17(2)30-23(31)10-9-22-15-26-25(28-24(22)30)27-19(4)21-7-5-20(6-8-21)18(3)16-29-11-13-32-14-12-29;1-2-7(10)9-5-3-8-4-6-9/h5-10,15,17-19H,11-14,16H2,1-4H3,(H,26,27,28);2,8H,1,3-6H2/t18?,19-;/m0./s1.